The minimum absolute atomic E-state index is 0.0695. The number of Topliss-reactive ketones (excluding diaryl/α,β-unsaturated/α-hetero) is 1. The van der Waals surface area contributed by atoms with Crippen LogP contribution in [0.2, 0.25) is 0 Å². The SMILES string of the molecule is COCC(O)C([OH2+])C(=O)CO. The van der Waals surface area contributed by atoms with Gasteiger partial charge in [0.25, 0.3) is 0 Å². The Morgan fingerprint density at radius 3 is 2.64 bits per heavy atom. The molecule has 4 N–H and O–H groups in total. The molecule has 11 heavy (non-hydrogen) atoms. The summed E-state index contributed by atoms with van der Waals surface area (Å²) in [5, 5.41) is 24.3. The molecule has 0 aliphatic rings. The number of hydrogen-bond donors (Lipinski definition) is 2. The first-order valence-corrected chi connectivity index (χ1v) is 3.15. The van der Waals surface area contributed by atoms with Gasteiger partial charge >= 0.3 is 0 Å². The second-order valence-corrected chi connectivity index (χ2v) is 2.12. The third kappa shape index (κ3) is 3.43. The first-order valence-electron chi connectivity index (χ1n) is 3.15. The molecule has 0 bridgehead atoms. The maximum atomic E-state index is 10.6. The molecular weight excluding hydrogens is 152 g/mol. The van der Waals surface area contributed by atoms with Gasteiger partial charge in [0.2, 0.25) is 11.9 Å². The maximum Gasteiger partial charge on any atom is 0.244 e. The molecule has 0 aromatic carbocycles. The van der Waals surface area contributed by atoms with Crippen LogP contribution in [-0.4, -0.2) is 53.6 Å². The Hall–Kier alpha value is -0.490. The van der Waals surface area contributed by atoms with Gasteiger partial charge in [-0.3, -0.25) is 4.79 Å². The lowest BCUT2D eigenvalue weighted by Gasteiger charge is -2.10. The summed E-state index contributed by atoms with van der Waals surface area (Å²) in [6, 6.07) is 0. The molecule has 0 aromatic heterocycles. The third-order valence-corrected chi connectivity index (χ3v) is 1.22. The molecule has 66 valence electrons. The highest BCUT2D eigenvalue weighted by atomic mass is 16.5. The van der Waals surface area contributed by atoms with Crippen LogP contribution in [0.15, 0.2) is 0 Å². The van der Waals surface area contributed by atoms with E-state index < -0.39 is 24.6 Å². The van der Waals surface area contributed by atoms with Crippen molar-refractivity contribution >= 4 is 5.78 Å². The summed E-state index contributed by atoms with van der Waals surface area (Å²) in [5.74, 6) is -0.699. The summed E-state index contributed by atoms with van der Waals surface area (Å²) in [7, 11) is 1.36. The molecule has 2 atom stereocenters. The van der Waals surface area contributed by atoms with E-state index >= 15 is 0 Å². The van der Waals surface area contributed by atoms with Crippen LogP contribution in [-0.2, 0) is 9.53 Å². The van der Waals surface area contributed by atoms with Gasteiger partial charge in [0.1, 0.15) is 6.61 Å². The average molecular weight is 165 g/mol. The molecule has 0 rings (SSSR count). The van der Waals surface area contributed by atoms with E-state index in [-0.39, 0.29) is 6.61 Å². The predicted molar refractivity (Wildman–Crippen MR) is 37.4 cm³/mol. The molecule has 0 spiro atoms. The van der Waals surface area contributed by atoms with Crippen LogP contribution in [0, 0.1) is 0 Å². The number of aliphatic hydroxyl groups is 2. The molecule has 0 fully saturated rings. The van der Waals surface area contributed by atoms with E-state index in [0.29, 0.717) is 0 Å². The van der Waals surface area contributed by atoms with Crippen molar-refractivity contribution in [2.24, 2.45) is 0 Å². The van der Waals surface area contributed by atoms with Gasteiger partial charge in [-0.15, -0.1) is 0 Å². The van der Waals surface area contributed by atoms with Crippen molar-refractivity contribution in [3.8, 4) is 0 Å². The lowest BCUT2D eigenvalue weighted by molar-refractivity contribution is -0.137. The Morgan fingerprint density at radius 2 is 2.27 bits per heavy atom. The Kier molecular flexibility index (Phi) is 4.97. The molecule has 0 aliphatic carbocycles. The normalized spacial score (nSPS) is 16.0. The maximum absolute atomic E-state index is 10.6. The monoisotopic (exact) mass is 165 g/mol. The smallest absolute Gasteiger partial charge is 0.244 e. The van der Waals surface area contributed by atoms with Crippen molar-refractivity contribution in [1.29, 1.82) is 0 Å². The summed E-state index contributed by atoms with van der Waals surface area (Å²) in [6.45, 7) is -0.783. The van der Waals surface area contributed by atoms with Crippen LogP contribution in [0.1, 0.15) is 0 Å². The highest BCUT2D eigenvalue weighted by Gasteiger charge is 2.27. The lowest BCUT2D eigenvalue weighted by Crippen LogP contribution is -2.38. The van der Waals surface area contributed by atoms with Gasteiger partial charge in [-0.25, -0.2) is 0 Å². The molecule has 5 heteroatoms. The van der Waals surface area contributed by atoms with Crippen LogP contribution in [0.3, 0.4) is 0 Å². The van der Waals surface area contributed by atoms with Crippen LogP contribution in [0.4, 0.5) is 0 Å². The topological polar surface area (TPSA) is 89.7 Å². The van der Waals surface area contributed by atoms with Crippen LogP contribution in [0.5, 0.6) is 0 Å². The molecule has 0 saturated heterocycles. The molecule has 2 unspecified atom stereocenters. The highest BCUT2D eigenvalue weighted by molar-refractivity contribution is 5.84. The first-order chi connectivity index (χ1) is 5.13. The summed E-state index contributed by atoms with van der Waals surface area (Å²) in [4.78, 5) is 10.6. The highest BCUT2D eigenvalue weighted by Crippen LogP contribution is 1.94. The fourth-order valence-corrected chi connectivity index (χ4v) is 0.580. The predicted octanol–water partition coefficient (Wildman–Crippen LogP) is -2.35. The molecule has 5 nitrogen and oxygen atoms in total. The molecule has 0 aromatic rings. The minimum Gasteiger partial charge on any atom is -0.435 e. The van der Waals surface area contributed by atoms with Gasteiger partial charge in [0.15, 0.2) is 6.10 Å². The Balaban J connectivity index is 3.80. The molecule has 0 amide bonds. The number of rotatable bonds is 5. The Labute approximate surface area is 64.2 Å². The van der Waals surface area contributed by atoms with E-state index in [1.807, 2.05) is 0 Å². The van der Waals surface area contributed by atoms with Crippen molar-refractivity contribution in [2.75, 3.05) is 20.3 Å². The second kappa shape index (κ2) is 5.20. The van der Waals surface area contributed by atoms with Crippen LogP contribution in [0.25, 0.3) is 0 Å². The third-order valence-electron chi connectivity index (χ3n) is 1.22. The van der Waals surface area contributed by atoms with Crippen LogP contribution < -0.4 is 0 Å². The zero-order valence-corrected chi connectivity index (χ0v) is 6.28. The van der Waals surface area contributed by atoms with Gasteiger partial charge < -0.3 is 20.1 Å². The molecular formula is C6H13O5+. The zero-order valence-electron chi connectivity index (χ0n) is 6.28. The number of hydrogen-bond acceptors (Lipinski definition) is 4. The lowest BCUT2D eigenvalue weighted by atomic mass is 10.1. The largest absolute Gasteiger partial charge is 0.435 e. The minimum atomic E-state index is -1.31. The van der Waals surface area contributed by atoms with E-state index in [4.69, 9.17) is 15.3 Å². The number of ketones is 1. The van der Waals surface area contributed by atoms with Crippen molar-refractivity contribution in [2.45, 2.75) is 12.2 Å². The van der Waals surface area contributed by atoms with Gasteiger partial charge in [-0.2, -0.15) is 0 Å². The first kappa shape index (κ1) is 10.5. The van der Waals surface area contributed by atoms with Crippen molar-refractivity contribution in [3.63, 3.8) is 0 Å². The molecule has 0 radical (unpaired) electrons. The van der Waals surface area contributed by atoms with Gasteiger partial charge in [0, 0.05) is 7.11 Å². The molecule has 0 aliphatic heterocycles. The number of methoxy groups -OCH3 is 1. The van der Waals surface area contributed by atoms with Gasteiger partial charge in [-0.05, 0) is 0 Å². The summed E-state index contributed by atoms with van der Waals surface area (Å²) in [5.41, 5.74) is 0. The van der Waals surface area contributed by atoms with E-state index in [9.17, 15) is 4.79 Å². The van der Waals surface area contributed by atoms with Crippen molar-refractivity contribution in [1.82, 2.24) is 0 Å². The summed E-state index contributed by atoms with van der Waals surface area (Å²) in [6.07, 6.45) is -2.46. The number of aliphatic hydroxyl groups excluding tert-OH is 2. The summed E-state index contributed by atoms with van der Waals surface area (Å²) >= 11 is 0. The van der Waals surface area contributed by atoms with Crippen LogP contribution >= 0.6 is 0 Å². The van der Waals surface area contributed by atoms with Crippen molar-refractivity contribution in [3.05, 3.63) is 0 Å². The Morgan fingerprint density at radius 1 is 1.73 bits per heavy atom. The fourth-order valence-electron chi connectivity index (χ4n) is 0.580. The Bertz CT molecular complexity index is 124. The van der Waals surface area contributed by atoms with E-state index in [0.717, 1.165) is 0 Å². The van der Waals surface area contributed by atoms with Gasteiger partial charge in [-0.1, -0.05) is 0 Å². The van der Waals surface area contributed by atoms with Crippen molar-refractivity contribution < 1.29 is 24.9 Å². The standard InChI is InChI=1S/C6H12O5/c1-11-3-5(9)6(10)4(8)2-7/h5-7,9-10H,2-3H2,1H3/p+1. The van der Waals surface area contributed by atoms with E-state index in [1.54, 1.807) is 0 Å². The molecule has 0 saturated carbocycles. The quantitative estimate of drug-likeness (QED) is 0.446. The van der Waals surface area contributed by atoms with E-state index in [2.05, 4.69) is 4.74 Å². The molecule has 0 heterocycles. The number of ether oxygens (including phenoxy) is 1. The summed E-state index contributed by atoms with van der Waals surface area (Å²) < 4.78 is 4.52. The average Bonchev–Trinajstić information content (AvgIpc) is 2.02. The van der Waals surface area contributed by atoms with E-state index in [1.165, 1.54) is 7.11 Å². The fraction of sp³-hybridized carbons (Fsp3) is 0.833. The number of carbonyl (C=O) groups excluding carboxylic acids is 1. The second-order valence-electron chi connectivity index (χ2n) is 2.12. The van der Waals surface area contributed by atoms with Gasteiger partial charge in [0.05, 0.1) is 6.61 Å². The zero-order chi connectivity index (χ0) is 8.85. The number of carbonyl (C=O) groups is 1.